The summed E-state index contributed by atoms with van der Waals surface area (Å²) in [4.78, 5) is 40.5. The average Bonchev–Trinajstić information content (AvgIpc) is 3.02. The lowest BCUT2D eigenvalue weighted by Gasteiger charge is -2.31. The third-order valence-electron chi connectivity index (χ3n) is 5.36. The number of fused-ring (bicyclic) bond motifs is 1. The molecule has 0 aliphatic carbocycles. The zero-order chi connectivity index (χ0) is 22.7. The number of amides is 3. The third-order valence-corrected chi connectivity index (χ3v) is 5.91. The van der Waals surface area contributed by atoms with Gasteiger partial charge >= 0.3 is 0 Å². The van der Waals surface area contributed by atoms with Crippen molar-refractivity contribution in [1.82, 2.24) is 19.7 Å². The summed E-state index contributed by atoms with van der Waals surface area (Å²) in [6, 6.07) is 7.61. The monoisotopic (exact) mass is 442 g/mol. The van der Waals surface area contributed by atoms with Crippen LogP contribution in [-0.4, -0.2) is 71.6 Å². The molecule has 9 heteroatoms. The van der Waals surface area contributed by atoms with Gasteiger partial charge in [0.15, 0.2) is 5.11 Å². The van der Waals surface area contributed by atoms with Gasteiger partial charge in [0.05, 0.1) is 0 Å². The van der Waals surface area contributed by atoms with Crippen molar-refractivity contribution >= 4 is 52.0 Å². The summed E-state index contributed by atoms with van der Waals surface area (Å²) in [5, 5.41) is 3.91. The van der Waals surface area contributed by atoms with Gasteiger partial charge < -0.3 is 14.6 Å². The summed E-state index contributed by atoms with van der Waals surface area (Å²) < 4.78 is 6.89. The molecule has 1 aromatic carbocycles. The van der Waals surface area contributed by atoms with Crippen molar-refractivity contribution < 1.29 is 19.1 Å². The van der Waals surface area contributed by atoms with E-state index in [1.165, 1.54) is 9.80 Å². The quantitative estimate of drug-likeness (QED) is 0.305. The van der Waals surface area contributed by atoms with E-state index in [4.69, 9.17) is 17.0 Å². The van der Waals surface area contributed by atoms with Crippen LogP contribution in [0.3, 0.4) is 0 Å². The number of para-hydroxylation sites is 1. The molecule has 2 heterocycles. The van der Waals surface area contributed by atoms with Gasteiger partial charge in [0.2, 0.25) is 5.91 Å². The Morgan fingerprint density at radius 3 is 2.45 bits per heavy atom. The number of benzene rings is 1. The Bertz CT molecular complexity index is 1060. The lowest BCUT2D eigenvalue weighted by molar-refractivity contribution is -0.132. The molecule has 0 atom stereocenters. The van der Waals surface area contributed by atoms with Crippen LogP contribution in [0, 0.1) is 6.92 Å². The molecule has 1 aliphatic rings. The maximum atomic E-state index is 12.7. The number of likely N-dealkylation sites (N-methyl/N-ethyl adjacent to an activating group) is 2. The molecule has 164 valence electrons. The van der Waals surface area contributed by atoms with Crippen LogP contribution in [0.5, 0.6) is 0 Å². The summed E-state index contributed by atoms with van der Waals surface area (Å²) in [5.41, 5.74) is 2.41. The molecule has 0 unspecified atom stereocenters. The van der Waals surface area contributed by atoms with Gasteiger partial charge in [0.25, 0.3) is 11.8 Å². The Labute approximate surface area is 186 Å². The molecule has 2 aromatic rings. The SMILES string of the molecule is COCCCNC(=O)Cn1c(C)c(C=C2C(=O)N(C)C(=S)N(C)C2=O)c2ccccc21. The molecule has 1 aliphatic heterocycles. The molecule has 8 nitrogen and oxygen atoms in total. The van der Waals surface area contributed by atoms with E-state index in [2.05, 4.69) is 5.32 Å². The second-order valence-electron chi connectivity index (χ2n) is 7.37. The molecule has 1 fully saturated rings. The van der Waals surface area contributed by atoms with Crippen molar-refractivity contribution in [2.75, 3.05) is 34.4 Å². The van der Waals surface area contributed by atoms with Crippen molar-refractivity contribution in [3.63, 3.8) is 0 Å². The second kappa shape index (κ2) is 9.40. The van der Waals surface area contributed by atoms with E-state index in [-0.39, 0.29) is 23.1 Å². The molecular weight excluding hydrogens is 416 g/mol. The van der Waals surface area contributed by atoms with E-state index < -0.39 is 11.8 Å². The number of nitrogens with zero attached hydrogens (tertiary/aromatic N) is 3. The lowest BCUT2D eigenvalue weighted by atomic mass is 10.0. The number of carbonyl (C=O) groups is 3. The Balaban J connectivity index is 1.99. The fourth-order valence-electron chi connectivity index (χ4n) is 3.61. The molecule has 1 saturated heterocycles. The van der Waals surface area contributed by atoms with Gasteiger partial charge in [-0.2, -0.15) is 0 Å². The molecule has 1 aromatic heterocycles. The summed E-state index contributed by atoms with van der Waals surface area (Å²) in [6.45, 7) is 3.12. The average molecular weight is 443 g/mol. The number of thiocarbonyl (C=S) groups is 1. The van der Waals surface area contributed by atoms with Gasteiger partial charge in [0.1, 0.15) is 12.1 Å². The minimum absolute atomic E-state index is 0.0358. The maximum Gasteiger partial charge on any atom is 0.265 e. The minimum atomic E-state index is -0.444. The van der Waals surface area contributed by atoms with Gasteiger partial charge in [-0.25, -0.2) is 0 Å². The number of hydrogen-bond donors (Lipinski definition) is 1. The van der Waals surface area contributed by atoms with Gasteiger partial charge in [-0.3, -0.25) is 24.2 Å². The van der Waals surface area contributed by atoms with Gasteiger partial charge in [-0.1, -0.05) is 18.2 Å². The van der Waals surface area contributed by atoms with Crippen molar-refractivity contribution in [2.24, 2.45) is 0 Å². The predicted molar refractivity (Wildman–Crippen MR) is 122 cm³/mol. The number of nitrogens with one attached hydrogen (secondary N) is 1. The lowest BCUT2D eigenvalue weighted by Crippen LogP contribution is -2.52. The van der Waals surface area contributed by atoms with Crippen molar-refractivity contribution in [2.45, 2.75) is 19.9 Å². The Kier molecular flexibility index (Phi) is 6.87. The van der Waals surface area contributed by atoms with Crippen LogP contribution in [-0.2, 0) is 25.7 Å². The summed E-state index contributed by atoms with van der Waals surface area (Å²) in [6.07, 6.45) is 2.34. The third kappa shape index (κ3) is 4.38. The standard InChI is InChI=1S/C22H26N4O4S/c1-14-16(12-17-20(28)24(2)22(31)25(3)21(17)29)15-8-5-6-9-18(15)26(14)13-19(27)23-10-7-11-30-4/h5-6,8-9,12H,7,10-11,13H2,1-4H3,(H,23,27). The van der Waals surface area contributed by atoms with Crippen LogP contribution in [0.2, 0.25) is 0 Å². The molecule has 0 bridgehead atoms. The smallest absolute Gasteiger partial charge is 0.265 e. The number of ether oxygens (including phenoxy) is 1. The van der Waals surface area contributed by atoms with Crippen LogP contribution in [0.1, 0.15) is 17.7 Å². The van der Waals surface area contributed by atoms with Gasteiger partial charge in [-0.05, 0) is 37.7 Å². The summed E-state index contributed by atoms with van der Waals surface area (Å²) >= 11 is 5.15. The van der Waals surface area contributed by atoms with Crippen molar-refractivity contribution in [3.8, 4) is 0 Å². The van der Waals surface area contributed by atoms with E-state index in [9.17, 15) is 14.4 Å². The number of hydrogen-bond acceptors (Lipinski definition) is 5. The molecule has 31 heavy (non-hydrogen) atoms. The highest BCUT2D eigenvalue weighted by atomic mass is 32.1. The normalized spacial score (nSPS) is 14.6. The molecule has 0 spiro atoms. The Hall–Kier alpha value is -3.04. The maximum absolute atomic E-state index is 12.7. The number of rotatable bonds is 7. The fraction of sp³-hybridized carbons (Fsp3) is 0.364. The fourth-order valence-corrected chi connectivity index (χ4v) is 3.77. The summed E-state index contributed by atoms with van der Waals surface area (Å²) in [7, 11) is 4.72. The highest BCUT2D eigenvalue weighted by Crippen LogP contribution is 2.29. The van der Waals surface area contributed by atoms with Gasteiger partial charge in [-0.15, -0.1) is 0 Å². The first kappa shape index (κ1) is 22.6. The second-order valence-corrected chi connectivity index (χ2v) is 7.73. The van der Waals surface area contributed by atoms with E-state index in [1.807, 2.05) is 35.8 Å². The van der Waals surface area contributed by atoms with E-state index >= 15 is 0 Å². The molecule has 0 saturated carbocycles. The molecule has 3 amide bonds. The highest BCUT2D eigenvalue weighted by molar-refractivity contribution is 7.80. The zero-order valence-corrected chi connectivity index (χ0v) is 18.9. The molecule has 1 N–H and O–H groups in total. The van der Waals surface area contributed by atoms with Crippen LogP contribution in [0.25, 0.3) is 17.0 Å². The van der Waals surface area contributed by atoms with Crippen LogP contribution < -0.4 is 5.32 Å². The number of carbonyl (C=O) groups excluding carboxylic acids is 3. The Morgan fingerprint density at radius 1 is 1.16 bits per heavy atom. The first-order chi connectivity index (χ1) is 14.8. The van der Waals surface area contributed by atoms with Crippen LogP contribution in [0.4, 0.5) is 0 Å². The van der Waals surface area contributed by atoms with E-state index in [0.717, 1.165) is 28.6 Å². The predicted octanol–water partition coefficient (Wildman–Crippen LogP) is 1.70. The van der Waals surface area contributed by atoms with Crippen molar-refractivity contribution in [3.05, 3.63) is 41.1 Å². The topological polar surface area (TPSA) is 83.9 Å². The van der Waals surface area contributed by atoms with Crippen LogP contribution in [0.15, 0.2) is 29.8 Å². The van der Waals surface area contributed by atoms with E-state index in [1.54, 1.807) is 27.3 Å². The van der Waals surface area contributed by atoms with Crippen molar-refractivity contribution in [1.29, 1.82) is 0 Å². The zero-order valence-electron chi connectivity index (χ0n) is 18.1. The Morgan fingerprint density at radius 2 is 1.81 bits per heavy atom. The molecule has 0 radical (unpaired) electrons. The van der Waals surface area contributed by atoms with Crippen LogP contribution >= 0.6 is 12.2 Å². The molecule has 3 rings (SSSR count). The molecular formula is C22H26N4O4S. The van der Waals surface area contributed by atoms with E-state index in [0.29, 0.717) is 13.2 Å². The summed E-state index contributed by atoms with van der Waals surface area (Å²) in [5.74, 6) is -1.01. The first-order valence-electron chi connectivity index (χ1n) is 9.93. The highest BCUT2D eigenvalue weighted by Gasteiger charge is 2.35. The first-order valence-corrected chi connectivity index (χ1v) is 10.3. The minimum Gasteiger partial charge on any atom is -0.385 e. The van der Waals surface area contributed by atoms with Gasteiger partial charge in [0, 0.05) is 56.5 Å². The number of methoxy groups -OCH3 is 1. The number of aromatic nitrogens is 1. The largest absolute Gasteiger partial charge is 0.385 e.